The Balaban J connectivity index is 2.27. The van der Waals surface area contributed by atoms with E-state index >= 15 is 0 Å². The van der Waals surface area contributed by atoms with Crippen molar-refractivity contribution in [2.75, 3.05) is 0 Å². The Morgan fingerprint density at radius 2 is 2.00 bits per heavy atom. The zero-order chi connectivity index (χ0) is 13.1. The number of aromatic nitrogens is 2. The van der Waals surface area contributed by atoms with Crippen molar-refractivity contribution in [2.24, 2.45) is 0 Å². The minimum atomic E-state index is -1.18. The van der Waals surface area contributed by atoms with E-state index < -0.39 is 11.8 Å². The molecule has 92 valence electrons. The summed E-state index contributed by atoms with van der Waals surface area (Å²) >= 11 is 5.70. The van der Waals surface area contributed by atoms with Gasteiger partial charge >= 0.3 is 12.0 Å². The number of rotatable bonds is 3. The van der Waals surface area contributed by atoms with E-state index in [1.165, 1.54) is 18.2 Å². The van der Waals surface area contributed by atoms with E-state index in [0.29, 0.717) is 0 Å². The lowest BCUT2D eigenvalue weighted by Gasteiger charge is -2.05. The molecular weight excluding hydrogens is 263 g/mol. The molecule has 0 aliphatic rings. The fourth-order valence-electron chi connectivity index (χ4n) is 1.19. The van der Waals surface area contributed by atoms with Gasteiger partial charge in [-0.05, 0) is 18.2 Å². The minimum Gasteiger partial charge on any atom is -0.478 e. The first-order chi connectivity index (χ1) is 8.56. The van der Waals surface area contributed by atoms with Crippen LogP contribution in [0.1, 0.15) is 10.4 Å². The Labute approximate surface area is 106 Å². The molecule has 1 heterocycles. The number of carboxylic acids is 1. The van der Waals surface area contributed by atoms with Gasteiger partial charge in [-0.2, -0.15) is 0 Å². The first-order valence-corrected chi connectivity index (χ1v) is 5.12. The van der Waals surface area contributed by atoms with Gasteiger partial charge in [0.05, 0.1) is 23.0 Å². The number of halogens is 2. The fraction of sp³-hybridized carbons (Fsp3) is 0. The van der Waals surface area contributed by atoms with E-state index in [-0.39, 0.29) is 22.3 Å². The SMILES string of the molecule is O=C(O)c1cc(Oc2ncc(F)cn2)ccc1Cl. The van der Waals surface area contributed by atoms with E-state index in [1.807, 2.05) is 0 Å². The second kappa shape index (κ2) is 4.97. The van der Waals surface area contributed by atoms with Crippen LogP contribution in [0.2, 0.25) is 5.02 Å². The van der Waals surface area contributed by atoms with E-state index in [4.69, 9.17) is 21.4 Å². The van der Waals surface area contributed by atoms with Gasteiger partial charge in [-0.1, -0.05) is 11.6 Å². The maximum atomic E-state index is 12.6. The lowest BCUT2D eigenvalue weighted by atomic mass is 10.2. The molecule has 0 atom stereocenters. The normalized spacial score (nSPS) is 10.1. The molecule has 0 radical (unpaired) electrons. The van der Waals surface area contributed by atoms with E-state index in [1.54, 1.807) is 0 Å². The van der Waals surface area contributed by atoms with E-state index in [0.717, 1.165) is 12.4 Å². The molecule has 0 amide bonds. The van der Waals surface area contributed by atoms with Gasteiger partial charge in [-0.15, -0.1) is 0 Å². The van der Waals surface area contributed by atoms with Gasteiger partial charge in [0, 0.05) is 0 Å². The summed E-state index contributed by atoms with van der Waals surface area (Å²) < 4.78 is 17.7. The number of benzene rings is 1. The Kier molecular flexibility index (Phi) is 3.38. The summed E-state index contributed by atoms with van der Waals surface area (Å²) in [5, 5.41) is 8.96. The number of nitrogens with zero attached hydrogens (tertiary/aromatic N) is 2. The second-order valence-electron chi connectivity index (χ2n) is 3.23. The molecule has 0 saturated heterocycles. The van der Waals surface area contributed by atoms with Crippen molar-refractivity contribution in [3.05, 3.63) is 47.0 Å². The molecule has 0 aliphatic carbocycles. The first-order valence-electron chi connectivity index (χ1n) is 4.74. The summed E-state index contributed by atoms with van der Waals surface area (Å²) in [7, 11) is 0. The molecule has 2 aromatic rings. The predicted molar refractivity (Wildman–Crippen MR) is 60.5 cm³/mol. The van der Waals surface area contributed by atoms with Crippen LogP contribution in [0.5, 0.6) is 11.8 Å². The Morgan fingerprint density at radius 1 is 1.33 bits per heavy atom. The Bertz CT molecular complexity index is 589. The molecule has 2 rings (SSSR count). The summed E-state index contributed by atoms with van der Waals surface area (Å²) in [5.41, 5.74) is -0.101. The lowest BCUT2D eigenvalue weighted by molar-refractivity contribution is 0.0696. The third-order valence-electron chi connectivity index (χ3n) is 1.97. The summed E-state index contributed by atoms with van der Waals surface area (Å²) in [4.78, 5) is 18.0. The Hall–Kier alpha value is -2.21. The zero-order valence-corrected chi connectivity index (χ0v) is 9.56. The summed E-state index contributed by atoms with van der Waals surface area (Å²) in [6.45, 7) is 0. The molecule has 0 spiro atoms. The molecule has 1 N–H and O–H groups in total. The third-order valence-corrected chi connectivity index (χ3v) is 2.30. The second-order valence-corrected chi connectivity index (χ2v) is 3.64. The van der Waals surface area contributed by atoms with Crippen molar-refractivity contribution in [2.45, 2.75) is 0 Å². The highest BCUT2D eigenvalue weighted by Gasteiger charge is 2.11. The van der Waals surface area contributed by atoms with Crippen LogP contribution in [0.4, 0.5) is 4.39 Å². The maximum Gasteiger partial charge on any atom is 0.337 e. The summed E-state index contributed by atoms with van der Waals surface area (Å²) in [6.07, 6.45) is 1.88. The van der Waals surface area contributed by atoms with Crippen molar-refractivity contribution in [3.8, 4) is 11.8 Å². The molecule has 0 bridgehead atoms. The predicted octanol–water partition coefficient (Wildman–Crippen LogP) is 2.76. The van der Waals surface area contributed by atoms with Gasteiger partial charge in [0.1, 0.15) is 5.75 Å². The number of carbonyl (C=O) groups is 1. The molecule has 7 heteroatoms. The minimum absolute atomic E-state index is 0.0879. The highest BCUT2D eigenvalue weighted by atomic mass is 35.5. The third kappa shape index (κ3) is 2.72. The number of carboxylic acid groups (broad SMARTS) is 1. The van der Waals surface area contributed by atoms with Gasteiger partial charge in [-0.25, -0.2) is 19.2 Å². The van der Waals surface area contributed by atoms with Gasteiger partial charge in [-0.3, -0.25) is 0 Å². The number of aromatic carboxylic acids is 1. The monoisotopic (exact) mass is 268 g/mol. The number of hydrogen-bond acceptors (Lipinski definition) is 4. The molecule has 0 fully saturated rings. The molecule has 18 heavy (non-hydrogen) atoms. The van der Waals surface area contributed by atoms with Gasteiger partial charge in [0.25, 0.3) is 0 Å². The topological polar surface area (TPSA) is 72.3 Å². The smallest absolute Gasteiger partial charge is 0.337 e. The quantitative estimate of drug-likeness (QED) is 0.927. The lowest BCUT2D eigenvalue weighted by Crippen LogP contribution is -1.99. The van der Waals surface area contributed by atoms with Crippen LogP contribution in [-0.4, -0.2) is 21.0 Å². The van der Waals surface area contributed by atoms with Crippen molar-refractivity contribution >= 4 is 17.6 Å². The van der Waals surface area contributed by atoms with Crippen LogP contribution in [0.15, 0.2) is 30.6 Å². The molecule has 0 unspecified atom stereocenters. The molecule has 1 aromatic heterocycles. The number of hydrogen-bond donors (Lipinski definition) is 1. The highest BCUT2D eigenvalue weighted by molar-refractivity contribution is 6.33. The van der Waals surface area contributed by atoms with Gasteiger partial charge in [0.15, 0.2) is 5.82 Å². The van der Waals surface area contributed by atoms with Crippen molar-refractivity contribution in [1.29, 1.82) is 0 Å². The van der Waals surface area contributed by atoms with E-state index in [2.05, 4.69) is 9.97 Å². The molecular formula is C11H6ClFN2O3. The fourth-order valence-corrected chi connectivity index (χ4v) is 1.39. The van der Waals surface area contributed by atoms with Gasteiger partial charge in [0.2, 0.25) is 0 Å². The largest absolute Gasteiger partial charge is 0.478 e. The van der Waals surface area contributed by atoms with Gasteiger partial charge < -0.3 is 9.84 Å². The molecule has 0 saturated carbocycles. The van der Waals surface area contributed by atoms with Crippen LogP contribution >= 0.6 is 11.6 Å². The summed E-state index contributed by atoms with van der Waals surface area (Å²) in [6, 6.07) is 3.98. The van der Waals surface area contributed by atoms with Crippen LogP contribution in [0, 0.1) is 5.82 Å². The molecule has 0 aliphatic heterocycles. The van der Waals surface area contributed by atoms with Crippen LogP contribution in [0.3, 0.4) is 0 Å². The molecule has 1 aromatic carbocycles. The van der Waals surface area contributed by atoms with Crippen molar-refractivity contribution < 1.29 is 19.0 Å². The van der Waals surface area contributed by atoms with E-state index in [9.17, 15) is 9.18 Å². The zero-order valence-electron chi connectivity index (χ0n) is 8.80. The molecule has 5 nitrogen and oxygen atoms in total. The summed E-state index contributed by atoms with van der Waals surface area (Å²) in [5.74, 6) is -1.57. The van der Waals surface area contributed by atoms with Crippen molar-refractivity contribution in [3.63, 3.8) is 0 Å². The Morgan fingerprint density at radius 3 is 2.61 bits per heavy atom. The average Bonchev–Trinajstić information content (AvgIpc) is 2.34. The van der Waals surface area contributed by atoms with Crippen LogP contribution in [0.25, 0.3) is 0 Å². The number of ether oxygens (including phenoxy) is 1. The van der Waals surface area contributed by atoms with Crippen molar-refractivity contribution in [1.82, 2.24) is 9.97 Å². The maximum absolute atomic E-state index is 12.6. The average molecular weight is 269 g/mol. The van der Waals surface area contributed by atoms with Crippen LogP contribution in [-0.2, 0) is 0 Å². The highest BCUT2D eigenvalue weighted by Crippen LogP contribution is 2.24. The first kappa shape index (κ1) is 12.3. The standard InChI is InChI=1S/C11H6ClFN2O3/c12-9-2-1-7(3-8(9)10(16)17)18-11-14-4-6(13)5-15-11/h1-5H,(H,16,17). The van der Waals surface area contributed by atoms with Crippen LogP contribution < -0.4 is 4.74 Å².